The van der Waals surface area contributed by atoms with Gasteiger partial charge in [-0.15, -0.1) is 0 Å². The molecule has 1 rings (SSSR count). The zero-order valence-corrected chi connectivity index (χ0v) is 7.81. The van der Waals surface area contributed by atoms with E-state index >= 15 is 0 Å². The van der Waals surface area contributed by atoms with Gasteiger partial charge in [0, 0.05) is 5.41 Å². The number of likely N-dealkylation sites (N-methyl/N-ethyl adjacent to an activating group) is 1. The van der Waals surface area contributed by atoms with Crippen molar-refractivity contribution in [2.24, 2.45) is 5.41 Å². The number of rotatable bonds is 0. The van der Waals surface area contributed by atoms with Crippen molar-refractivity contribution in [3.8, 4) is 0 Å². The predicted molar refractivity (Wildman–Crippen MR) is 46.3 cm³/mol. The van der Waals surface area contributed by atoms with E-state index in [4.69, 9.17) is 6.57 Å². The van der Waals surface area contributed by atoms with E-state index in [1.54, 1.807) is 0 Å². The van der Waals surface area contributed by atoms with Crippen LogP contribution in [0, 0.1) is 12.0 Å². The number of hydrogen-bond acceptors (Lipinski definition) is 1. The van der Waals surface area contributed by atoms with Crippen molar-refractivity contribution in [1.82, 2.24) is 4.90 Å². The minimum Gasteiger partial charge on any atom is -0.307 e. The van der Waals surface area contributed by atoms with Crippen molar-refractivity contribution in [1.29, 1.82) is 0 Å². The molecule has 0 radical (unpaired) electrons. The fraction of sp³-hybridized carbons (Fsp3) is 0.889. The van der Waals surface area contributed by atoms with E-state index in [2.05, 4.69) is 37.6 Å². The first kappa shape index (κ1) is 8.55. The maximum Gasteiger partial charge on any atom is 0.262 e. The molecule has 0 N–H and O–H groups in total. The van der Waals surface area contributed by atoms with Gasteiger partial charge < -0.3 is 4.85 Å². The molecule has 0 atom stereocenters. The topological polar surface area (TPSA) is 7.60 Å². The van der Waals surface area contributed by atoms with E-state index in [-0.39, 0.29) is 11.0 Å². The Balaban J connectivity index is 2.75. The zero-order valence-electron chi connectivity index (χ0n) is 7.81. The summed E-state index contributed by atoms with van der Waals surface area (Å²) in [6.45, 7) is 15.5. The maximum atomic E-state index is 7.15. The van der Waals surface area contributed by atoms with E-state index < -0.39 is 0 Å². The lowest BCUT2D eigenvalue weighted by Gasteiger charge is -2.46. The van der Waals surface area contributed by atoms with E-state index in [9.17, 15) is 0 Å². The van der Waals surface area contributed by atoms with Gasteiger partial charge in [0.1, 0.15) is 0 Å². The van der Waals surface area contributed by atoms with Crippen molar-refractivity contribution in [2.75, 3.05) is 20.1 Å². The minimum absolute atomic E-state index is 0.109. The Hall–Kier alpha value is -0.550. The second-order valence-electron chi connectivity index (χ2n) is 4.57. The molecule has 0 spiro atoms. The molecular formula is C9H16N2. The zero-order chi connectivity index (χ0) is 8.70. The fourth-order valence-electron chi connectivity index (χ4n) is 1.56. The second kappa shape index (κ2) is 2.22. The molecule has 0 saturated carbocycles. The molecule has 0 aromatic rings. The van der Waals surface area contributed by atoms with Gasteiger partial charge in [0.05, 0.1) is 13.1 Å². The Bertz CT molecular complexity index is 189. The summed E-state index contributed by atoms with van der Waals surface area (Å²) in [4.78, 5) is 5.95. The fourth-order valence-corrected chi connectivity index (χ4v) is 1.56. The number of nitrogens with zero attached hydrogens (tertiary/aromatic N) is 2. The molecule has 11 heavy (non-hydrogen) atoms. The first-order chi connectivity index (χ1) is 4.91. The highest BCUT2D eigenvalue weighted by atomic mass is 15.2. The van der Waals surface area contributed by atoms with Crippen molar-refractivity contribution in [2.45, 2.75) is 26.3 Å². The smallest absolute Gasteiger partial charge is 0.262 e. The average Bonchev–Trinajstić information content (AvgIpc) is 1.77. The van der Waals surface area contributed by atoms with Crippen LogP contribution in [0.1, 0.15) is 20.8 Å². The Morgan fingerprint density at radius 3 is 1.91 bits per heavy atom. The van der Waals surface area contributed by atoms with Crippen molar-refractivity contribution >= 4 is 0 Å². The SMILES string of the molecule is [C-]#[N+]C1(C(C)(C)C)CN(C)C1. The molecule has 1 aliphatic rings. The van der Waals surface area contributed by atoms with Gasteiger partial charge in [-0.1, -0.05) is 20.8 Å². The summed E-state index contributed by atoms with van der Waals surface area (Å²) in [5.74, 6) is 0. The molecule has 0 bridgehead atoms. The third-order valence-electron chi connectivity index (χ3n) is 2.67. The molecule has 2 heteroatoms. The van der Waals surface area contributed by atoms with Crippen LogP contribution in [0.2, 0.25) is 0 Å². The molecule has 62 valence electrons. The van der Waals surface area contributed by atoms with Crippen LogP contribution in [-0.2, 0) is 0 Å². The number of hydrogen-bond donors (Lipinski definition) is 0. The Morgan fingerprint density at radius 2 is 1.82 bits per heavy atom. The maximum absolute atomic E-state index is 7.15. The highest BCUT2D eigenvalue weighted by molar-refractivity contribution is 5.16. The molecule has 1 saturated heterocycles. The number of likely N-dealkylation sites (tertiary alicyclic amines) is 1. The van der Waals surface area contributed by atoms with Gasteiger partial charge in [-0.25, -0.2) is 6.57 Å². The molecule has 0 unspecified atom stereocenters. The van der Waals surface area contributed by atoms with Gasteiger partial charge >= 0.3 is 0 Å². The van der Waals surface area contributed by atoms with Gasteiger partial charge in [-0.2, -0.15) is 0 Å². The predicted octanol–water partition coefficient (Wildman–Crippen LogP) is 1.64. The van der Waals surface area contributed by atoms with Crippen LogP contribution in [0.4, 0.5) is 0 Å². The third-order valence-corrected chi connectivity index (χ3v) is 2.67. The molecule has 2 nitrogen and oxygen atoms in total. The summed E-state index contributed by atoms with van der Waals surface area (Å²) < 4.78 is 0. The highest BCUT2D eigenvalue weighted by Crippen LogP contribution is 2.40. The van der Waals surface area contributed by atoms with Crippen molar-refractivity contribution in [3.63, 3.8) is 0 Å². The monoisotopic (exact) mass is 152 g/mol. The molecule has 0 aliphatic carbocycles. The molecule has 0 aromatic heterocycles. The summed E-state index contributed by atoms with van der Waals surface area (Å²) in [7, 11) is 2.06. The molecule has 0 aromatic carbocycles. The summed E-state index contributed by atoms with van der Waals surface area (Å²) in [5.41, 5.74) is 0.0169. The van der Waals surface area contributed by atoms with Crippen molar-refractivity contribution in [3.05, 3.63) is 11.4 Å². The molecule has 1 fully saturated rings. The summed E-state index contributed by atoms with van der Waals surface area (Å²) >= 11 is 0. The lowest BCUT2D eigenvalue weighted by molar-refractivity contribution is 0.0431. The van der Waals surface area contributed by atoms with Crippen LogP contribution >= 0.6 is 0 Å². The van der Waals surface area contributed by atoms with E-state index in [0.29, 0.717) is 0 Å². The largest absolute Gasteiger partial charge is 0.307 e. The van der Waals surface area contributed by atoms with Gasteiger partial charge in [0.25, 0.3) is 5.54 Å². The summed E-state index contributed by atoms with van der Waals surface area (Å²) in [5, 5.41) is 0. The second-order valence-corrected chi connectivity index (χ2v) is 4.57. The van der Waals surface area contributed by atoms with Crippen LogP contribution in [0.25, 0.3) is 4.85 Å². The third kappa shape index (κ3) is 1.14. The van der Waals surface area contributed by atoms with Gasteiger partial charge in [-0.3, -0.25) is 4.90 Å². The molecule has 1 heterocycles. The Labute approximate surface area is 69.0 Å². The lowest BCUT2D eigenvalue weighted by atomic mass is 9.69. The van der Waals surface area contributed by atoms with Crippen molar-refractivity contribution < 1.29 is 0 Å². The van der Waals surface area contributed by atoms with Crippen LogP contribution in [0.5, 0.6) is 0 Å². The minimum atomic E-state index is -0.109. The van der Waals surface area contributed by atoms with E-state index in [1.165, 1.54) is 0 Å². The first-order valence-corrected chi connectivity index (χ1v) is 3.98. The van der Waals surface area contributed by atoms with Crippen LogP contribution in [-0.4, -0.2) is 30.6 Å². The summed E-state index contributed by atoms with van der Waals surface area (Å²) in [6.07, 6.45) is 0. The Kier molecular flexibility index (Phi) is 1.72. The molecule has 1 aliphatic heterocycles. The van der Waals surface area contributed by atoms with Gasteiger partial charge in [0.2, 0.25) is 0 Å². The first-order valence-electron chi connectivity index (χ1n) is 3.98. The van der Waals surface area contributed by atoms with Crippen LogP contribution < -0.4 is 0 Å². The van der Waals surface area contributed by atoms with E-state index in [0.717, 1.165) is 13.1 Å². The lowest BCUT2D eigenvalue weighted by Crippen LogP contribution is -2.64. The van der Waals surface area contributed by atoms with E-state index in [1.807, 2.05) is 0 Å². The normalized spacial score (nSPS) is 23.9. The molecular weight excluding hydrogens is 136 g/mol. The van der Waals surface area contributed by atoms with Crippen LogP contribution in [0.3, 0.4) is 0 Å². The quantitative estimate of drug-likeness (QED) is 0.479. The highest BCUT2D eigenvalue weighted by Gasteiger charge is 2.56. The van der Waals surface area contributed by atoms with Gasteiger partial charge in [-0.05, 0) is 7.05 Å². The van der Waals surface area contributed by atoms with Crippen LogP contribution in [0.15, 0.2) is 0 Å². The van der Waals surface area contributed by atoms with Gasteiger partial charge in [0.15, 0.2) is 0 Å². The molecule has 0 amide bonds. The Morgan fingerprint density at radius 1 is 1.36 bits per heavy atom. The summed E-state index contributed by atoms with van der Waals surface area (Å²) in [6, 6.07) is 0. The standard InChI is InChI=1S/C9H16N2/c1-8(2,3)9(10-4)6-11(5)7-9/h6-7H2,1-3,5H3. The average molecular weight is 152 g/mol.